The topological polar surface area (TPSA) is 67.2 Å². The maximum Gasteiger partial charge on any atom is 0.247 e. The highest BCUT2D eigenvalue weighted by Crippen LogP contribution is 2.21. The number of rotatable bonds is 6. The monoisotopic (exact) mass is 400 g/mol. The van der Waals surface area contributed by atoms with Gasteiger partial charge in [-0.1, -0.05) is 0 Å². The third-order valence-electron chi connectivity index (χ3n) is 5.03. The molecule has 2 aromatic rings. The number of likely N-dealkylation sites (tertiary alicyclic amines) is 1. The lowest BCUT2D eigenvalue weighted by Gasteiger charge is -2.34. The van der Waals surface area contributed by atoms with Gasteiger partial charge in [0, 0.05) is 30.1 Å². The van der Waals surface area contributed by atoms with Crippen molar-refractivity contribution < 1.29 is 9.59 Å². The van der Waals surface area contributed by atoms with Gasteiger partial charge in [0.05, 0.1) is 11.4 Å². The molecule has 0 bridgehead atoms. The molecular formula is C21H28N4O2S. The highest BCUT2D eigenvalue weighted by molar-refractivity contribution is 7.98. The second-order valence-corrected chi connectivity index (χ2v) is 8.20. The molecule has 3 rings (SSSR count). The van der Waals surface area contributed by atoms with Gasteiger partial charge in [0.15, 0.2) is 0 Å². The van der Waals surface area contributed by atoms with E-state index in [1.807, 2.05) is 55.1 Å². The van der Waals surface area contributed by atoms with E-state index in [-0.39, 0.29) is 17.9 Å². The molecule has 1 aromatic heterocycles. The molecule has 0 saturated carbocycles. The number of nitrogens with zero attached hydrogens (tertiary/aromatic N) is 3. The molecular weight excluding hydrogens is 372 g/mol. The van der Waals surface area contributed by atoms with Crippen LogP contribution in [0.25, 0.3) is 5.69 Å². The Hall–Kier alpha value is -2.28. The summed E-state index contributed by atoms with van der Waals surface area (Å²) in [5.74, 6) is 0.766. The van der Waals surface area contributed by atoms with Gasteiger partial charge in [-0.05, 0) is 69.7 Å². The van der Waals surface area contributed by atoms with Crippen molar-refractivity contribution in [3.63, 3.8) is 0 Å². The minimum absolute atomic E-state index is 0.0778. The number of carbonyl (C=O) groups excluding carboxylic acids is 2. The van der Waals surface area contributed by atoms with E-state index in [0.717, 1.165) is 47.8 Å². The van der Waals surface area contributed by atoms with E-state index in [1.54, 1.807) is 16.7 Å². The van der Waals surface area contributed by atoms with Gasteiger partial charge in [-0.2, -0.15) is 16.9 Å². The number of nitrogens with one attached hydrogen (secondary N) is 1. The number of aromatic nitrogens is 2. The second-order valence-electron chi connectivity index (χ2n) is 7.22. The number of hydrogen-bond acceptors (Lipinski definition) is 4. The Bertz CT molecular complexity index is 831. The molecule has 0 radical (unpaired) electrons. The fraction of sp³-hybridized carbons (Fsp3) is 0.476. The Balaban J connectivity index is 1.67. The first kappa shape index (κ1) is 20.5. The normalized spacial score (nSPS) is 16.8. The molecule has 2 amide bonds. The van der Waals surface area contributed by atoms with Crippen LogP contribution in [-0.4, -0.2) is 51.1 Å². The molecule has 28 heavy (non-hydrogen) atoms. The summed E-state index contributed by atoms with van der Waals surface area (Å²) in [6.45, 7) is 4.65. The van der Waals surface area contributed by atoms with Crippen molar-refractivity contribution in [2.45, 2.75) is 45.6 Å². The van der Waals surface area contributed by atoms with Gasteiger partial charge in [-0.25, -0.2) is 4.68 Å². The molecule has 1 aliphatic rings. The lowest BCUT2D eigenvalue weighted by atomic mass is 10.0. The van der Waals surface area contributed by atoms with Crippen LogP contribution in [-0.2, 0) is 9.59 Å². The fourth-order valence-electron chi connectivity index (χ4n) is 3.64. The highest BCUT2D eigenvalue weighted by Gasteiger charge is 2.31. The van der Waals surface area contributed by atoms with Gasteiger partial charge in [-0.15, -0.1) is 0 Å². The van der Waals surface area contributed by atoms with Crippen LogP contribution in [0.4, 0.5) is 5.69 Å². The highest BCUT2D eigenvalue weighted by atomic mass is 32.2. The summed E-state index contributed by atoms with van der Waals surface area (Å²) in [6.07, 6.45) is 5.14. The number of piperidine rings is 1. The predicted molar refractivity (Wildman–Crippen MR) is 114 cm³/mol. The first-order chi connectivity index (χ1) is 13.5. The average Bonchev–Trinajstić information content (AvgIpc) is 3.04. The Morgan fingerprint density at radius 1 is 1.21 bits per heavy atom. The number of hydrogen-bond donors (Lipinski definition) is 1. The first-order valence-corrected chi connectivity index (χ1v) is 11.1. The summed E-state index contributed by atoms with van der Waals surface area (Å²) in [4.78, 5) is 27.1. The van der Waals surface area contributed by atoms with Crippen molar-refractivity contribution in [3.05, 3.63) is 41.7 Å². The second kappa shape index (κ2) is 9.28. The van der Waals surface area contributed by atoms with Gasteiger partial charge < -0.3 is 10.2 Å². The quantitative estimate of drug-likeness (QED) is 0.805. The smallest absolute Gasteiger partial charge is 0.247 e. The van der Waals surface area contributed by atoms with Gasteiger partial charge in [0.2, 0.25) is 11.8 Å². The molecule has 1 fully saturated rings. The molecule has 150 valence electrons. The maximum atomic E-state index is 12.8. The van der Waals surface area contributed by atoms with Gasteiger partial charge >= 0.3 is 0 Å². The molecule has 6 nitrogen and oxygen atoms in total. The molecule has 0 aliphatic carbocycles. The molecule has 0 unspecified atom stereocenters. The van der Waals surface area contributed by atoms with E-state index in [9.17, 15) is 9.59 Å². The van der Waals surface area contributed by atoms with Crippen molar-refractivity contribution in [3.8, 4) is 5.69 Å². The van der Waals surface area contributed by atoms with Crippen molar-refractivity contribution in [2.24, 2.45) is 0 Å². The standard InChI is InChI=1S/C21H28N4O2S/c1-15-14-16(2)25(23-15)18-9-7-17(8-10-18)22-21(27)19-6-4-5-12-24(19)20(26)11-13-28-3/h7-10,14,19H,4-6,11-13H2,1-3H3,(H,22,27)/t19-/m1/s1. The fourth-order valence-corrected chi connectivity index (χ4v) is 4.02. The molecule has 1 saturated heterocycles. The average molecular weight is 401 g/mol. The van der Waals surface area contributed by atoms with Crippen LogP contribution in [0.3, 0.4) is 0 Å². The Kier molecular flexibility index (Phi) is 6.78. The van der Waals surface area contributed by atoms with E-state index in [0.29, 0.717) is 13.0 Å². The number of thioether (sulfide) groups is 1. The lowest BCUT2D eigenvalue weighted by molar-refractivity contribution is -0.140. The molecule has 0 spiro atoms. The lowest BCUT2D eigenvalue weighted by Crippen LogP contribution is -2.50. The van der Waals surface area contributed by atoms with E-state index in [4.69, 9.17) is 0 Å². The zero-order valence-corrected chi connectivity index (χ0v) is 17.6. The molecule has 1 atom stereocenters. The minimum Gasteiger partial charge on any atom is -0.331 e. The molecule has 7 heteroatoms. The van der Waals surface area contributed by atoms with Crippen molar-refractivity contribution >= 4 is 29.3 Å². The molecule has 1 N–H and O–H groups in total. The first-order valence-electron chi connectivity index (χ1n) is 9.72. The van der Waals surface area contributed by atoms with Crippen LogP contribution in [0.15, 0.2) is 30.3 Å². The molecule has 1 aromatic carbocycles. The number of anilines is 1. The third kappa shape index (κ3) is 4.76. The number of aryl methyl sites for hydroxylation is 2. The van der Waals surface area contributed by atoms with Crippen LogP contribution in [0.1, 0.15) is 37.1 Å². The zero-order chi connectivity index (χ0) is 20.1. The summed E-state index contributed by atoms with van der Waals surface area (Å²) in [6, 6.07) is 9.30. The predicted octanol–water partition coefficient (Wildman–Crippen LogP) is 3.56. The van der Waals surface area contributed by atoms with Crippen LogP contribution in [0, 0.1) is 13.8 Å². The Morgan fingerprint density at radius 3 is 2.61 bits per heavy atom. The Labute approximate surface area is 170 Å². The maximum absolute atomic E-state index is 12.8. The van der Waals surface area contributed by atoms with Crippen LogP contribution in [0.5, 0.6) is 0 Å². The van der Waals surface area contributed by atoms with E-state index < -0.39 is 0 Å². The summed E-state index contributed by atoms with van der Waals surface area (Å²) < 4.78 is 1.88. The van der Waals surface area contributed by atoms with E-state index in [2.05, 4.69) is 10.4 Å². The van der Waals surface area contributed by atoms with Crippen LogP contribution >= 0.6 is 11.8 Å². The Morgan fingerprint density at radius 2 is 1.96 bits per heavy atom. The van der Waals surface area contributed by atoms with Crippen LogP contribution in [0.2, 0.25) is 0 Å². The van der Waals surface area contributed by atoms with E-state index >= 15 is 0 Å². The number of carbonyl (C=O) groups is 2. The minimum atomic E-state index is -0.376. The van der Waals surface area contributed by atoms with Crippen molar-refractivity contribution in [2.75, 3.05) is 23.9 Å². The van der Waals surface area contributed by atoms with Crippen LogP contribution < -0.4 is 5.32 Å². The number of benzene rings is 1. The summed E-state index contributed by atoms with van der Waals surface area (Å²) in [7, 11) is 0. The van der Waals surface area contributed by atoms with E-state index in [1.165, 1.54) is 0 Å². The number of amides is 2. The van der Waals surface area contributed by atoms with Gasteiger partial charge in [0.25, 0.3) is 0 Å². The summed E-state index contributed by atoms with van der Waals surface area (Å²) in [5.41, 5.74) is 3.72. The van der Waals surface area contributed by atoms with Gasteiger partial charge in [0.1, 0.15) is 6.04 Å². The third-order valence-corrected chi connectivity index (χ3v) is 5.65. The SMILES string of the molecule is CSCCC(=O)N1CCCC[C@@H]1C(=O)Nc1ccc(-n2nc(C)cc2C)cc1. The largest absolute Gasteiger partial charge is 0.331 e. The van der Waals surface area contributed by atoms with Gasteiger partial charge in [-0.3, -0.25) is 9.59 Å². The molecule has 2 heterocycles. The summed E-state index contributed by atoms with van der Waals surface area (Å²) >= 11 is 1.65. The zero-order valence-electron chi connectivity index (χ0n) is 16.8. The van der Waals surface area contributed by atoms with Crippen molar-refractivity contribution in [1.29, 1.82) is 0 Å². The summed E-state index contributed by atoms with van der Waals surface area (Å²) in [5, 5.41) is 7.47. The molecule has 1 aliphatic heterocycles. The van der Waals surface area contributed by atoms with Crippen molar-refractivity contribution in [1.82, 2.24) is 14.7 Å².